The van der Waals surface area contributed by atoms with E-state index in [1.807, 2.05) is 30.9 Å². The highest BCUT2D eigenvalue weighted by Crippen LogP contribution is 2.41. The molecule has 2 heterocycles. The van der Waals surface area contributed by atoms with Crippen LogP contribution in [0.25, 0.3) is 0 Å². The summed E-state index contributed by atoms with van der Waals surface area (Å²) in [6.07, 6.45) is 4.15. The Morgan fingerprint density at radius 2 is 1.57 bits per heavy atom. The number of amides is 2. The Morgan fingerprint density at radius 1 is 0.975 bits per heavy atom. The lowest BCUT2D eigenvalue weighted by molar-refractivity contribution is -0.153. The summed E-state index contributed by atoms with van der Waals surface area (Å²) in [7, 11) is 0. The second-order valence-electron chi connectivity index (χ2n) is 15.1. The van der Waals surface area contributed by atoms with Crippen LogP contribution < -0.4 is 0 Å². The van der Waals surface area contributed by atoms with E-state index in [0.29, 0.717) is 23.5 Å². The minimum atomic E-state index is -0.872. The van der Waals surface area contributed by atoms with E-state index >= 15 is 0 Å². The summed E-state index contributed by atoms with van der Waals surface area (Å²) in [6, 6.07) is 8.11. The van der Waals surface area contributed by atoms with E-state index in [9.17, 15) is 14.7 Å². The van der Waals surface area contributed by atoms with Crippen LogP contribution in [-0.4, -0.2) is 81.5 Å². The Hall–Kier alpha value is -1.63. The molecule has 3 aliphatic rings. The van der Waals surface area contributed by atoms with E-state index in [1.54, 1.807) is 6.92 Å². The summed E-state index contributed by atoms with van der Waals surface area (Å²) in [5.41, 5.74) is 0.548. The number of carbonyl (C=O) groups is 2. The molecule has 3 fully saturated rings. The molecule has 1 aliphatic carbocycles. The van der Waals surface area contributed by atoms with Gasteiger partial charge in [0.2, 0.25) is 11.8 Å². The zero-order valence-corrected chi connectivity index (χ0v) is 26.8. The van der Waals surface area contributed by atoms with Gasteiger partial charge in [0.05, 0.1) is 23.5 Å². The van der Waals surface area contributed by atoms with Gasteiger partial charge >= 0.3 is 0 Å². The topological polar surface area (TPSA) is 64.1 Å². The predicted octanol–water partition coefficient (Wildman–Crippen LogP) is 5.96. The van der Waals surface area contributed by atoms with E-state index in [0.717, 1.165) is 50.8 Å². The van der Waals surface area contributed by atoms with Crippen molar-refractivity contribution in [3.05, 3.63) is 34.9 Å². The molecule has 0 aromatic heterocycles. The van der Waals surface area contributed by atoms with E-state index in [1.165, 1.54) is 0 Å². The highest BCUT2D eigenvalue weighted by molar-refractivity contribution is 6.30. The molecular formula is C33H52ClN3O3. The maximum absolute atomic E-state index is 14.2. The summed E-state index contributed by atoms with van der Waals surface area (Å²) in [5, 5.41) is 11.2. The third-order valence-electron chi connectivity index (χ3n) is 10.3. The third-order valence-corrected chi connectivity index (χ3v) is 10.5. The van der Waals surface area contributed by atoms with Crippen molar-refractivity contribution in [3.63, 3.8) is 0 Å². The molecule has 2 aliphatic heterocycles. The van der Waals surface area contributed by atoms with Crippen molar-refractivity contribution >= 4 is 23.4 Å². The molecule has 224 valence electrons. The molecule has 4 rings (SSSR count). The van der Waals surface area contributed by atoms with Crippen molar-refractivity contribution in [3.8, 4) is 0 Å². The maximum Gasteiger partial charge on any atom is 0.231 e. The van der Waals surface area contributed by atoms with Crippen LogP contribution in [-0.2, 0) is 9.59 Å². The van der Waals surface area contributed by atoms with Crippen molar-refractivity contribution < 1.29 is 14.7 Å². The number of hydrogen-bond donors (Lipinski definition) is 1. The monoisotopic (exact) mass is 573 g/mol. The second-order valence-corrected chi connectivity index (χ2v) is 15.5. The SMILES string of the molecule is CC(O)C(C)(C)C(=O)N(C1CCC(C)(C)CC1)[C@H]1CCN(C(=O)C2CN(C(C)(C)C)C[C@@H]2c2ccc(Cl)cc2)C1. The summed E-state index contributed by atoms with van der Waals surface area (Å²) in [4.78, 5) is 34.8. The van der Waals surface area contributed by atoms with Crippen LogP contribution in [0.4, 0.5) is 0 Å². The third kappa shape index (κ3) is 6.55. The molecule has 1 N–H and O–H groups in total. The number of rotatable bonds is 6. The molecule has 1 saturated carbocycles. The van der Waals surface area contributed by atoms with Gasteiger partial charge in [-0.3, -0.25) is 14.5 Å². The molecule has 0 bridgehead atoms. The van der Waals surface area contributed by atoms with Gasteiger partial charge in [0.1, 0.15) is 0 Å². The second kappa shape index (κ2) is 11.6. The normalized spacial score (nSPS) is 27.1. The van der Waals surface area contributed by atoms with Crippen LogP contribution in [0.2, 0.25) is 5.02 Å². The standard InChI is InChI=1S/C33H52ClN3O3/c1-22(38)33(7,8)30(40)37(25-13-16-32(5,6)17-14-25)26-15-18-35(19-26)29(39)28-21-36(31(2,3)4)20-27(28)23-9-11-24(34)12-10-23/h9-12,22,25-28,38H,13-21H2,1-8H3/t22?,26-,27+,28?/m0/s1. The summed E-state index contributed by atoms with van der Waals surface area (Å²) < 4.78 is 0. The van der Waals surface area contributed by atoms with Crippen LogP contribution in [0.3, 0.4) is 0 Å². The lowest BCUT2D eigenvalue weighted by Crippen LogP contribution is -2.56. The van der Waals surface area contributed by atoms with Gasteiger partial charge in [0.15, 0.2) is 0 Å². The van der Waals surface area contributed by atoms with Crippen LogP contribution in [0.15, 0.2) is 24.3 Å². The molecule has 6 nitrogen and oxygen atoms in total. The number of likely N-dealkylation sites (tertiary alicyclic amines) is 2. The number of aliphatic hydroxyl groups is 1. The minimum Gasteiger partial charge on any atom is -0.392 e. The lowest BCUT2D eigenvalue weighted by Gasteiger charge is -2.46. The van der Waals surface area contributed by atoms with Crippen molar-refractivity contribution in [1.29, 1.82) is 0 Å². The highest BCUT2D eigenvalue weighted by atomic mass is 35.5. The molecule has 0 spiro atoms. The first-order valence-electron chi connectivity index (χ1n) is 15.3. The Labute approximate surface area is 247 Å². The zero-order chi connectivity index (χ0) is 29.6. The molecule has 40 heavy (non-hydrogen) atoms. The van der Waals surface area contributed by atoms with Crippen LogP contribution in [0.5, 0.6) is 0 Å². The van der Waals surface area contributed by atoms with Crippen molar-refractivity contribution in [1.82, 2.24) is 14.7 Å². The Balaban J connectivity index is 1.56. The quantitative estimate of drug-likeness (QED) is 0.456. The Kier molecular flexibility index (Phi) is 9.05. The number of halogens is 1. The summed E-state index contributed by atoms with van der Waals surface area (Å²) in [6.45, 7) is 19.5. The number of nitrogens with zero attached hydrogens (tertiary/aromatic N) is 3. The summed E-state index contributed by atoms with van der Waals surface area (Å²) in [5.74, 6) is 0.190. The van der Waals surface area contributed by atoms with Crippen LogP contribution >= 0.6 is 11.6 Å². The molecule has 1 aromatic rings. The van der Waals surface area contributed by atoms with Crippen LogP contribution in [0.1, 0.15) is 99.0 Å². The molecule has 2 saturated heterocycles. The van der Waals surface area contributed by atoms with Gasteiger partial charge in [-0.05, 0) is 96.8 Å². The first-order valence-corrected chi connectivity index (χ1v) is 15.7. The van der Waals surface area contributed by atoms with E-state index in [-0.39, 0.29) is 41.3 Å². The molecule has 2 unspecified atom stereocenters. The zero-order valence-electron chi connectivity index (χ0n) is 26.0. The van der Waals surface area contributed by atoms with E-state index in [2.05, 4.69) is 56.6 Å². The fourth-order valence-corrected chi connectivity index (χ4v) is 6.98. The average Bonchev–Trinajstić information content (AvgIpc) is 3.53. The molecule has 2 amide bonds. The molecule has 4 atom stereocenters. The molecule has 0 radical (unpaired) electrons. The minimum absolute atomic E-state index is 0.0187. The van der Waals surface area contributed by atoms with Gasteiger partial charge in [-0.1, -0.05) is 37.6 Å². The van der Waals surface area contributed by atoms with Crippen LogP contribution in [0, 0.1) is 16.7 Å². The van der Waals surface area contributed by atoms with E-state index < -0.39 is 11.5 Å². The average molecular weight is 574 g/mol. The van der Waals surface area contributed by atoms with Crippen molar-refractivity contribution in [2.24, 2.45) is 16.7 Å². The highest BCUT2D eigenvalue weighted by Gasteiger charge is 2.48. The van der Waals surface area contributed by atoms with Gasteiger partial charge < -0.3 is 14.9 Å². The number of aliphatic hydroxyl groups excluding tert-OH is 1. The van der Waals surface area contributed by atoms with Gasteiger partial charge in [-0.25, -0.2) is 0 Å². The number of hydrogen-bond acceptors (Lipinski definition) is 4. The smallest absolute Gasteiger partial charge is 0.231 e. The Morgan fingerprint density at radius 3 is 2.12 bits per heavy atom. The molecule has 1 aromatic carbocycles. The molecular weight excluding hydrogens is 522 g/mol. The fourth-order valence-electron chi connectivity index (χ4n) is 6.86. The largest absolute Gasteiger partial charge is 0.392 e. The summed E-state index contributed by atoms with van der Waals surface area (Å²) >= 11 is 6.19. The van der Waals surface area contributed by atoms with Gasteiger partial charge in [0.25, 0.3) is 0 Å². The van der Waals surface area contributed by atoms with E-state index in [4.69, 9.17) is 11.6 Å². The number of carbonyl (C=O) groups excluding carboxylic acids is 2. The van der Waals surface area contributed by atoms with Gasteiger partial charge in [0, 0.05) is 48.7 Å². The molecule has 7 heteroatoms. The van der Waals surface area contributed by atoms with Gasteiger partial charge in [-0.2, -0.15) is 0 Å². The van der Waals surface area contributed by atoms with Crippen molar-refractivity contribution in [2.75, 3.05) is 26.2 Å². The fraction of sp³-hybridized carbons (Fsp3) is 0.758. The number of benzene rings is 1. The Bertz CT molecular complexity index is 1050. The first kappa shape index (κ1) is 31.3. The first-order chi connectivity index (χ1) is 18.5. The predicted molar refractivity (Wildman–Crippen MR) is 162 cm³/mol. The van der Waals surface area contributed by atoms with Gasteiger partial charge in [-0.15, -0.1) is 0 Å². The maximum atomic E-state index is 14.2. The lowest BCUT2D eigenvalue weighted by atomic mass is 9.74. The van der Waals surface area contributed by atoms with Crippen molar-refractivity contribution in [2.45, 2.75) is 117 Å².